The van der Waals surface area contributed by atoms with Gasteiger partial charge in [-0.05, 0) is 18.6 Å². The molecule has 0 atom stereocenters. The lowest BCUT2D eigenvalue weighted by Gasteiger charge is -2.23. The van der Waals surface area contributed by atoms with Crippen LogP contribution in [0, 0.1) is 11.3 Å². The summed E-state index contributed by atoms with van der Waals surface area (Å²) in [4.78, 5) is 12.6. The van der Waals surface area contributed by atoms with Crippen LogP contribution in [0.4, 0.5) is 5.69 Å². The van der Waals surface area contributed by atoms with Crippen molar-refractivity contribution in [3.05, 3.63) is 30.3 Å². The number of rotatable bonds is 7. The molecule has 4 heteroatoms. The van der Waals surface area contributed by atoms with E-state index in [-0.39, 0.29) is 6.42 Å². The number of benzene rings is 1. The summed E-state index contributed by atoms with van der Waals surface area (Å²) in [5.74, 6) is -0.800. The first kappa shape index (κ1) is 13.0. The van der Waals surface area contributed by atoms with Crippen LogP contribution in [0.2, 0.25) is 0 Å². The van der Waals surface area contributed by atoms with Gasteiger partial charge in [0.2, 0.25) is 0 Å². The predicted molar refractivity (Wildman–Crippen MR) is 65.8 cm³/mol. The largest absolute Gasteiger partial charge is 0.481 e. The monoisotopic (exact) mass is 232 g/mol. The Hall–Kier alpha value is -2.02. The van der Waals surface area contributed by atoms with Crippen molar-refractivity contribution in [1.82, 2.24) is 0 Å². The molecule has 0 unspecified atom stereocenters. The lowest BCUT2D eigenvalue weighted by Crippen LogP contribution is -2.27. The van der Waals surface area contributed by atoms with Gasteiger partial charge in [-0.15, -0.1) is 0 Å². The number of carboxylic acids is 1. The summed E-state index contributed by atoms with van der Waals surface area (Å²) in [6.45, 7) is 1.19. The Morgan fingerprint density at radius 1 is 1.29 bits per heavy atom. The molecule has 0 aliphatic carbocycles. The van der Waals surface area contributed by atoms with Gasteiger partial charge in [0.1, 0.15) is 0 Å². The molecular formula is C13H16N2O2. The third kappa shape index (κ3) is 5.03. The fourth-order valence-electron chi connectivity index (χ4n) is 1.59. The molecule has 17 heavy (non-hydrogen) atoms. The molecule has 0 bridgehead atoms. The van der Waals surface area contributed by atoms with Crippen LogP contribution < -0.4 is 4.90 Å². The lowest BCUT2D eigenvalue weighted by molar-refractivity contribution is -0.136. The van der Waals surface area contributed by atoms with Crippen LogP contribution in [-0.4, -0.2) is 24.2 Å². The molecule has 4 nitrogen and oxygen atoms in total. The number of hydrogen-bond donors (Lipinski definition) is 1. The molecule has 0 aromatic heterocycles. The minimum absolute atomic E-state index is 0.113. The van der Waals surface area contributed by atoms with E-state index in [1.165, 1.54) is 0 Å². The number of aliphatic carboxylic acids is 1. The van der Waals surface area contributed by atoms with Gasteiger partial charge in [0.05, 0.1) is 12.5 Å². The van der Waals surface area contributed by atoms with Crippen molar-refractivity contribution in [3.8, 4) is 6.07 Å². The summed E-state index contributed by atoms with van der Waals surface area (Å²) < 4.78 is 0. The zero-order chi connectivity index (χ0) is 12.5. The summed E-state index contributed by atoms with van der Waals surface area (Å²) in [5, 5.41) is 17.2. The molecule has 90 valence electrons. The second-order valence-corrected chi connectivity index (χ2v) is 3.73. The Kier molecular flexibility index (Phi) is 5.59. The lowest BCUT2D eigenvalue weighted by atomic mass is 10.2. The fourth-order valence-corrected chi connectivity index (χ4v) is 1.59. The topological polar surface area (TPSA) is 64.3 Å². The molecule has 1 rings (SSSR count). The standard InChI is InChI=1S/C13H16N2O2/c14-9-4-5-10-15(11-8-13(16)17)12-6-2-1-3-7-12/h1-3,6-7H,4-5,8,10-11H2,(H,16,17). The number of nitrogens with zero attached hydrogens (tertiary/aromatic N) is 2. The Labute approximate surface area is 101 Å². The van der Waals surface area contributed by atoms with E-state index in [0.717, 1.165) is 12.1 Å². The van der Waals surface area contributed by atoms with Crippen LogP contribution in [0.25, 0.3) is 0 Å². The summed E-state index contributed by atoms with van der Waals surface area (Å²) >= 11 is 0. The van der Waals surface area contributed by atoms with E-state index in [4.69, 9.17) is 10.4 Å². The highest BCUT2D eigenvalue weighted by Gasteiger charge is 2.07. The van der Waals surface area contributed by atoms with Crippen molar-refractivity contribution >= 4 is 11.7 Å². The molecule has 1 N–H and O–H groups in total. The zero-order valence-corrected chi connectivity index (χ0v) is 9.67. The second kappa shape index (κ2) is 7.29. The fraction of sp³-hybridized carbons (Fsp3) is 0.385. The SMILES string of the molecule is N#CCCCN(CCC(=O)O)c1ccccc1. The quantitative estimate of drug-likeness (QED) is 0.732. The van der Waals surface area contributed by atoms with Gasteiger partial charge >= 0.3 is 5.97 Å². The maximum Gasteiger partial charge on any atom is 0.305 e. The first-order valence-electron chi connectivity index (χ1n) is 5.63. The van der Waals surface area contributed by atoms with E-state index in [2.05, 4.69) is 6.07 Å². The number of para-hydroxylation sites is 1. The molecule has 0 saturated heterocycles. The summed E-state index contributed by atoms with van der Waals surface area (Å²) in [7, 11) is 0. The number of carboxylic acid groups (broad SMARTS) is 1. The van der Waals surface area contributed by atoms with Crippen LogP contribution in [0.5, 0.6) is 0 Å². The normalized spacial score (nSPS) is 9.59. The van der Waals surface area contributed by atoms with E-state index in [1.807, 2.05) is 35.2 Å². The molecule has 0 radical (unpaired) electrons. The van der Waals surface area contributed by atoms with Crippen LogP contribution in [0.3, 0.4) is 0 Å². The molecular weight excluding hydrogens is 216 g/mol. The van der Waals surface area contributed by atoms with Crippen molar-refractivity contribution in [2.45, 2.75) is 19.3 Å². The van der Waals surface area contributed by atoms with E-state index in [1.54, 1.807) is 0 Å². The summed E-state index contributed by atoms with van der Waals surface area (Å²) in [6, 6.07) is 11.8. The van der Waals surface area contributed by atoms with Crippen molar-refractivity contribution in [1.29, 1.82) is 5.26 Å². The van der Waals surface area contributed by atoms with Gasteiger partial charge in [0, 0.05) is 25.2 Å². The Morgan fingerprint density at radius 2 is 2.00 bits per heavy atom. The van der Waals surface area contributed by atoms with Gasteiger partial charge in [0.25, 0.3) is 0 Å². The molecule has 0 fully saturated rings. The van der Waals surface area contributed by atoms with Gasteiger partial charge in [-0.2, -0.15) is 5.26 Å². The van der Waals surface area contributed by atoms with Crippen molar-refractivity contribution in [2.24, 2.45) is 0 Å². The van der Waals surface area contributed by atoms with Crippen LogP contribution in [0.15, 0.2) is 30.3 Å². The van der Waals surface area contributed by atoms with Gasteiger partial charge in [-0.3, -0.25) is 4.79 Å². The second-order valence-electron chi connectivity index (χ2n) is 3.73. The zero-order valence-electron chi connectivity index (χ0n) is 9.67. The van der Waals surface area contributed by atoms with Gasteiger partial charge in [-0.1, -0.05) is 18.2 Å². The van der Waals surface area contributed by atoms with Gasteiger partial charge in [-0.25, -0.2) is 0 Å². The number of hydrogen-bond acceptors (Lipinski definition) is 3. The minimum atomic E-state index is -0.800. The molecule has 0 amide bonds. The smallest absolute Gasteiger partial charge is 0.305 e. The van der Waals surface area contributed by atoms with E-state index in [0.29, 0.717) is 19.5 Å². The first-order valence-corrected chi connectivity index (χ1v) is 5.63. The number of nitriles is 1. The highest BCUT2D eigenvalue weighted by molar-refractivity contribution is 5.67. The third-order valence-electron chi connectivity index (χ3n) is 2.43. The summed E-state index contributed by atoms with van der Waals surface area (Å²) in [5.41, 5.74) is 1.01. The van der Waals surface area contributed by atoms with Crippen LogP contribution in [-0.2, 0) is 4.79 Å². The molecule has 1 aromatic carbocycles. The molecule has 0 heterocycles. The molecule has 0 spiro atoms. The molecule has 0 aliphatic rings. The number of unbranched alkanes of at least 4 members (excludes halogenated alkanes) is 1. The molecule has 1 aromatic rings. The molecule has 0 aliphatic heterocycles. The average molecular weight is 232 g/mol. The number of carbonyl (C=O) groups is 1. The highest BCUT2D eigenvalue weighted by Crippen LogP contribution is 2.14. The van der Waals surface area contributed by atoms with Crippen molar-refractivity contribution in [3.63, 3.8) is 0 Å². The highest BCUT2D eigenvalue weighted by atomic mass is 16.4. The third-order valence-corrected chi connectivity index (χ3v) is 2.43. The average Bonchev–Trinajstić information content (AvgIpc) is 2.34. The van der Waals surface area contributed by atoms with E-state index in [9.17, 15) is 4.79 Å². The van der Waals surface area contributed by atoms with Crippen molar-refractivity contribution < 1.29 is 9.90 Å². The van der Waals surface area contributed by atoms with Crippen LogP contribution in [0.1, 0.15) is 19.3 Å². The Morgan fingerprint density at radius 3 is 2.59 bits per heavy atom. The van der Waals surface area contributed by atoms with E-state index >= 15 is 0 Å². The van der Waals surface area contributed by atoms with E-state index < -0.39 is 5.97 Å². The predicted octanol–water partition coefficient (Wildman–Crippen LogP) is 2.27. The summed E-state index contributed by atoms with van der Waals surface area (Å²) in [6.07, 6.45) is 1.36. The van der Waals surface area contributed by atoms with Crippen LogP contribution >= 0.6 is 0 Å². The first-order chi connectivity index (χ1) is 8.24. The minimum Gasteiger partial charge on any atom is -0.481 e. The van der Waals surface area contributed by atoms with Gasteiger partial charge in [0.15, 0.2) is 0 Å². The van der Waals surface area contributed by atoms with Crippen molar-refractivity contribution in [2.75, 3.05) is 18.0 Å². The van der Waals surface area contributed by atoms with Gasteiger partial charge < -0.3 is 10.0 Å². The Bertz CT molecular complexity index is 384. The molecule has 0 saturated carbocycles. The number of anilines is 1. The Balaban J connectivity index is 2.59. The maximum absolute atomic E-state index is 10.6. The maximum atomic E-state index is 10.6.